The van der Waals surface area contributed by atoms with Crippen molar-refractivity contribution in [2.75, 3.05) is 19.6 Å². The summed E-state index contributed by atoms with van der Waals surface area (Å²) < 4.78 is 2.35. The van der Waals surface area contributed by atoms with Crippen LogP contribution in [0.25, 0.3) is 0 Å². The van der Waals surface area contributed by atoms with Gasteiger partial charge >= 0.3 is 0 Å². The third-order valence-corrected chi connectivity index (χ3v) is 7.36. The Morgan fingerprint density at radius 1 is 1.24 bits per heavy atom. The van der Waals surface area contributed by atoms with Gasteiger partial charge in [-0.15, -0.1) is 0 Å². The molecule has 1 saturated heterocycles. The van der Waals surface area contributed by atoms with Gasteiger partial charge in [0, 0.05) is 44.5 Å². The first kappa shape index (κ1) is 20.6. The van der Waals surface area contributed by atoms with Gasteiger partial charge in [-0.05, 0) is 86.0 Å². The van der Waals surface area contributed by atoms with Crippen LogP contribution in [-0.2, 0) is 13.0 Å². The van der Waals surface area contributed by atoms with Gasteiger partial charge in [0.15, 0.2) is 5.11 Å². The zero-order valence-corrected chi connectivity index (χ0v) is 18.8. The van der Waals surface area contributed by atoms with Gasteiger partial charge in [0.1, 0.15) is 5.82 Å². The van der Waals surface area contributed by atoms with E-state index in [1.165, 1.54) is 37.1 Å². The number of piperidine rings is 1. The first-order valence-electron chi connectivity index (χ1n) is 11.0. The van der Waals surface area contributed by atoms with Crippen molar-refractivity contribution in [3.63, 3.8) is 0 Å². The van der Waals surface area contributed by atoms with Crippen molar-refractivity contribution < 1.29 is 0 Å². The largest absolute Gasteiger partial charge is 0.362 e. The first-order chi connectivity index (χ1) is 14.3. The fourth-order valence-corrected chi connectivity index (χ4v) is 5.46. The quantitative estimate of drug-likeness (QED) is 0.489. The number of hydrogen-bond donors (Lipinski definition) is 1. The van der Waals surface area contributed by atoms with Crippen molar-refractivity contribution in [1.82, 2.24) is 19.8 Å². The molecule has 2 aromatic rings. The lowest BCUT2D eigenvalue weighted by molar-refractivity contribution is 0.299. The SMILES string of the molecule is S=C(NCCC1=CCCCC1)N1CCC(c2nccn2CCc2ccsc2)CC1. The standard InChI is InChI=1S/C23H32N4S2/c28-23(25-11-6-19-4-2-1-3-5-19)27-14-8-21(9-15-27)22-24-12-16-26(22)13-7-20-10-17-29-18-20/h4,10,12,16-18,21H,1-3,5-9,11,13-15H2,(H,25,28). The maximum Gasteiger partial charge on any atom is 0.168 e. The lowest BCUT2D eigenvalue weighted by Crippen LogP contribution is -2.44. The van der Waals surface area contributed by atoms with Gasteiger partial charge in [-0.25, -0.2) is 4.98 Å². The van der Waals surface area contributed by atoms with E-state index in [9.17, 15) is 0 Å². The average Bonchev–Trinajstić information content (AvgIpc) is 3.45. The molecule has 0 spiro atoms. The molecule has 2 aromatic heterocycles. The lowest BCUT2D eigenvalue weighted by atomic mass is 9.96. The number of likely N-dealkylation sites (tertiary alicyclic amines) is 1. The van der Waals surface area contributed by atoms with E-state index < -0.39 is 0 Å². The van der Waals surface area contributed by atoms with E-state index in [0.717, 1.165) is 57.0 Å². The normalized spacial score (nSPS) is 17.9. The number of aromatic nitrogens is 2. The summed E-state index contributed by atoms with van der Waals surface area (Å²) in [5.74, 6) is 1.79. The number of imidazole rings is 1. The minimum absolute atomic E-state index is 0.541. The summed E-state index contributed by atoms with van der Waals surface area (Å²) >= 11 is 7.44. The summed E-state index contributed by atoms with van der Waals surface area (Å²) in [5.41, 5.74) is 3.03. The molecule has 0 bridgehead atoms. The van der Waals surface area contributed by atoms with E-state index in [-0.39, 0.29) is 0 Å². The van der Waals surface area contributed by atoms with E-state index in [1.54, 1.807) is 16.9 Å². The second kappa shape index (κ2) is 10.4. The zero-order valence-electron chi connectivity index (χ0n) is 17.2. The van der Waals surface area contributed by atoms with E-state index in [4.69, 9.17) is 17.2 Å². The molecule has 0 unspecified atom stereocenters. The summed E-state index contributed by atoms with van der Waals surface area (Å²) in [4.78, 5) is 7.05. The third kappa shape index (κ3) is 5.70. The van der Waals surface area contributed by atoms with Gasteiger partial charge in [-0.3, -0.25) is 0 Å². The van der Waals surface area contributed by atoms with Gasteiger partial charge in [0.25, 0.3) is 0 Å². The molecule has 6 heteroatoms. The highest BCUT2D eigenvalue weighted by atomic mass is 32.1. The number of allylic oxidation sites excluding steroid dienone is 1. The van der Waals surface area contributed by atoms with Gasteiger partial charge in [0.2, 0.25) is 0 Å². The summed E-state index contributed by atoms with van der Waals surface area (Å²) in [7, 11) is 0. The van der Waals surface area contributed by atoms with Crippen LogP contribution < -0.4 is 5.32 Å². The molecule has 0 aromatic carbocycles. The molecule has 29 heavy (non-hydrogen) atoms. The van der Waals surface area contributed by atoms with Crippen molar-refractivity contribution >= 4 is 28.7 Å². The summed E-state index contributed by atoms with van der Waals surface area (Å²) in [5, 5.41) is 8.82. The van der Waals surface area contributed by atoms with E-state index in [1.807, 2.05) is 6.20 Å². The molecule has 0 saturated carbocycles. The molecule has 1 aliphatic heterocycles. The lowest BCUT2D eigenvalue weighted by Gasteiger charge is -2.34. The maximum absolute atomic E-state index is 5.67. The Labute approximate surface area is 184 Å². The zero-order chi connectivity index (χ0) is 19.9. The van der Waals surface area contributed by atoms with Gasteiger partial charge in [-0.1, -0.05) is 11.6 Å². The van der Waals surface area contributed by atoms with Crippen LogP contribution in [0.15, 0.2) is 40.9 Å². The molecule has 2 aliphatic rings. The van der Waals surface area contributed by atoms with Crippen LogP contribution >= 0.6 is 23.6 Å². The van der Waals surface area contributed by atoms with Crippen molar-refractivity contribution in [3.8, 4) is 0 Å². The predicted molar refractivity (Wildman–Crippen MR) is 126 cm³/mol. The number of thiocarbonyl (C=S) groups is 1. The minimum Gasteiger partial charge on any atom is -0.362 e. The van der Waals surface area contributed by atoms with Crippen molar-refractivity contribution in [3.05, 3.63) is 52.3 Å². The molecule has 0 radical (unpaired) electrons. The van der Waals surface area contributed by atoms with Crippen molar-refractivity contribution in [2.45, 2.75) is 63.8 Å². The summed E-state index contributed by atoms with van der Waals surface area (Å²) in [6.07, 6.45) is 16.2. The monoisotopic (exact) mass is 428 g/mol. The van der Waals surface area contributed by atoms with Crippen LogP contribution in [0.3, 0.4) is 0 Å². The Morgan fingerprint density at radius 3 is 2.90 bits per heavy atom. The average molecular weight is 429 g/mol. The number of nitrogens with one attached hydrogen (secondary N) is 1. The smallest absolute Gasteiger partial charge is 0.168 e. The summed E-state index contributed by atoms with van der Waals surface area (Å²) in [6, 6.07) is 2.22. The highest BCUT2D eigenvalue weighted by Gasteiger charge is 2.25. The van der Waals surface area contributed by atoms with Crippen LogP contribution in [-0.4, -0.2) is 39.2 Å². The highest BCUT2D eigenvalue weighted by molar-refractivity contribution is 7.80. The molecule has 1 fully saturated rings. The van der Waals surface area contributed by atoms with Crippen LogP contribution in [0.1, 0.15) is 62.3 Å². The Hall–Kier alpha value is -1.66. The molecule has 0 amide bonds. The molecule has 1 N–H and O–H groups in total. The molecule has 4 rings (SSSR count). The Kier molecular flexibility index (Phi) is 7.39. The van der Waals surface area contributed by atoms with Crippen LogP contribution in [0.2, 0.25) is 0 Å². The van der Waals surface area contributed by atoms with Gasteiger partial charge in [0.05, 0.1) is 0 Å². The number of nitrogens with zero attached hydrogens (tertiary/aromatic N) is 3. The minimum atomic E-state index is 0.541. The van der Waals surface area contributed by atoms with Crippen LogP contribution in [0.5, 0.6) is 0 Å². The number of hydrogen-bond acceptors (Lipinski definition) is 3. The Bertz CT molecular complexity index is 801. The number of aryl methyl sites for hydroxylation is 2. The number of rotatable bonds is 7. The van der Waals surface area contributed by atoms with Crippen molar-refractivity contribution in [1.29, 1.82) is 0 Å². The molecule has 0 atom stereocenters. The fourth-order valence-electron chi connectivity index (χ4n) is 4.47. The van der Waals surface area contributed by atoms with Gasteiger partial charge < -0.3 is 14.8 Å². The van der Waals surface area contributed by atoms with Crippen LogP contribution in [0.4, 0.5) is 0 Å². The molecule has 3 heterocycles. The maximum atomic E-state index is 5.67. The summed E-state index contributed by atoms with van der Waals surface area (Å²) in [6.45, 7) is 4.03. The third-order valence-electron chi connectivity index (χ3n) is 6.22. The predicted octanol–water partition coefficient (Wildman–Crippen LogP) is 5.13. The molecule has 1 aliphatic carbocycles. The number of thiophene rings is 1. The second-order valence-corrected chi connectivity index (χ2v) is 9.38. The second-order valence-electron chi connectivity index (χ2n) is 8.21. The Morgan fingerprint density at radius 2 is 2.14 bits per heavy atom. The molecule has 4 nitrogen and oxygen atoms in total. The van der Waals surface area contributed by atoms with E-state index >= 15 is 0 Å². The molecular formula is C23H32N4S2. The van der Waals surface area contributed by atoms with Gasteiger partial charge in [-0.2, -0.15) is 11.3 Å². The van der Waals surface area contributed by atoms with Crippen molar-refractivity contribution in [2.24, 2.45) is 0 Å². The van der Waals surface area contributed by atoms with E-state index in [0.29, 0.717) is 5.92 Å². The fraction of sp³-hybridized carbons (Fsp3) is 0.565. The highest BCUT2D eigenvalue weighted by Crippen LogP contribution is 2.27. The molecule has 156 valence electrons. The Balaban J connectivity index is 1.21. The molecular weight excluding hydrogens is 396 g/mol. The van der Waals surface area contributed by atoms with Crippen LogP contribution in [0, 0.1) is 0 Å². The topological polar surface area (TPSA) is 33.1 Å². The van der Waals surface area contributed by atoms with E-state index in [2.05, 4.69) is 43.9 Å². The first-order valence-corrected chi connectivity index (χ1v) is 12.4.